The lowest BCUT2D eigenvalue weighted by molar-refractivity contribution is 0.479. The third kappa shape index (κ3) is 2.14. The highest BCUT2D eigenvalue weighted by atomic mass is 35.5. The number of halogens is 2. The van der Waals surface area contributed by atoms with Gasteiger partial charge in [-0.25, -0.2) is 4.39 Å². The summed E-state index contributed by atoms with van der Waals surface area (Å²) < 4.78 is 14.0. The van der Waals surface area contributed by atoms with Crippen molar-refractivity contribution in [1.82, 2.24) is 0 Å². The summed E-state index contributed by atoms with van der Waals surface area (Å²) in [6.45, 7) is 1.93. The molecule has 18 heavy (non-hydrogen) atoms. The van der Waals surface area contributed by atoms with Gasteiger partial charge in [0.2, 0.25) is 0 Å². The summed E-state index contributed by atoms with van der Waals surface area (Å²) in [5.74, 6) is -0.304. The SMILES string of the molecule is CCC(N)(c1ccccc1F)c1ccccc1Cl. The summed E-state index contributed by atoms with van der Waals surface area (Å²) in [5, 5.41) is 0.560. The molecule has 1 unspecified atom stereocenters. The fourth-order valence-corrected chi connectivity index (χ4v) is 2.48. The second-order valence-electron chi connectivity index (χ2n) is 4.28. The van der Waals surface area contributed by atoms with Crippen LogP contribution in [0.25, 0.3) is 0 Å². The van der Waals surface area contributed by atoms with Gasteiger partial charge in [0.15, 0.2) is 0 Å². The number of hydrogen-bond donors (Lipinski definition) is 1. The van der Waals surface area contributed by atoms with Crippen LogP contribution in [-0.2, 0) is 5.54 Å². The van der Waals surface area contributed by atoms with Crippen LogP contribution in [0.2, 0.25) is 5.02 Å². The minimum absolute atomic E-state index is 0.304. The van der Waals surface area contributed by atoms with Crippen LogP contribution in [0.4, 0.5) is 4.39 Å². The third-order valence-corrected chi connectivity index (χ3v) is 3.60. The molecule has 1 atom stereocenters. The predicted molar refractivity (Wildman–Crippen MR) is 73.1 cm³/mol. The molecular weight excluding hydrogens is 249 g/mol. The van der Waals surface area contributed by atoms with Gasteiger partial charge in [-0.05, 0) is 24.1 Å². The van der Waals surface area contributed by atoms with Crippen molar-refractivity contribution in [3.63, 3.8) is 0 Å². The van der Waals surface area contributed by atoms with Gasteiger partial charge < -0.3 is 5.73 Å². The van der Waals surface area contributed by atoms with Crippen molar-refractivity contribution in [1.29, 1.82) is 0 Å². The molecule has 0 fully saturated rings. The summed E-state index contributed by atoms with van der Waals surface area (Å²) >= 11 is 6.19. The summed E-state index contributed by atoms with van der Waals surface area (Å²) in [7, 11) is 0. The maximum Gasteiger partial charge on any atom is 0.128 e. The van der Waals surface area contributed by atoms with E-state index in [0.717, 1.165) is 5.56 Å². The average Bonchev–Trinajstić information content (AvgIpc) is 2.39. The van der Waals surface area contributed by atoms with E-state index in [1.54, 1.807) is 24.3 Å². The van der Waals surface area contributed by atoms with Crippen molar-refractivity contribution < 1.29 is 4.39 Å². The monoisotopic (exact) mass is 263 g/mol. The zero-order valence-corrected chi connectivity index (χ0v) is 10.9. The van der Waals surface area contributed by atoms with Crippen LogP contribution in [0.1, 0.15) is 24.5 Å². The molecule has 0 amide bonds. The molecule has 0 aliphatic rings. The molecule has 3 heteroatoms. The van der Waals surface area contributed by atoms with Gasteiger partial charge in [0, 0.05) is 10.6 Å². The number of rotatable bonds is 3. The molecule has 2 aromatic carbocycles. The van der Waals surface area contributed by atoms with Gasteiger partial charge in [-0.15, -0.1) is 0 Å². The van der Waals surface area contributed by atoms with Crippen LogP contribution in [0.3, 0.4) is 0 Å². The first-order valence-electron chi connectivity index (χ1n) is 5.88. The molecule has 0 radical (unpaired) electrons. The highest BCUT2D eigenvalue weighted by Crippen LogP contribution is 2.35. The average molecular weight is 264 g/mol. The van der Waals surface area contributed by atoms with E-state index in [9.17, 15) is 4.39 Å². The van der Waals surface area contributed by atoms with E-state index in [1.807, 2.05) is 25.1 Å². The fourth-order valence-electron chi connectivity index (χ4n) is 2.17. The molecule has 94 valence electrons. The van der Waals surface area contributed by atoms with E-state index in [0.29, 0.717) is 17.0 Å². The van der Waals surface area contributed by atoms with E-state index in [4.69, 9.17) is 17.3 Å². The summed E-state index contributed by atoms with van der Waals surface area (Å²) in [4.78, 5) is 0. The molecule has 2 rings (SSSR count). The number of hydrogen-bond acceptors (Lipinski definition) is 1. The first-order chi connectivity index (χ1) is 8.59. The van der Waals surface area contributed by atoms with Gasteiger partial charge in [0.25, 0.3) is 0 Å². The summed E-state index contributed by atoms with van der Waals surface area (Å²) in [5.41, 5.74) is 6.74. The third-order valence-electron chi connectivity index (χ3n) is 3.27. The van der Waals surface area contributed by atoms with Crippen LogP contribution >= 0.6 is 11.6 Å². The van der Waals surface area contributed by atoms with Crippen LogP contribution in [0.5, 0.6) is 0 Å². The molecule has 0 saturated heterocycles. The molecule has 0 bridgehead atoms. The fraction of sp³-hybridized carbons (Fsp3) is 0.200. The molecule has 2 N–H and O–H groups in total. The minimum atomic E-state index is -0.899. The van der Waals surface area contributed by atoms with Crippen LogP contribution < -0.4 is 5.73 Å². The Bertz CT molecular complexity index is 508. The molecule has 0 aliphatic carbocycles. The Balaban J connectivity index is 2.63. The van der Waals surface area contributed by atoms with E-state index < -0.39 is 5.54 Å². The highest BCUT2D eigenvalue weighted by molar-refractivity contribution is 6.31. The van der Waals surface area contributed by atoms with Gasteiger partial charge in [-0.1, -0.05) is 54.9 Å². The molecule has 0 aromatic heterocycles. The van der Waals surface area contributed by atoms with Crippen molar-refractivity contribution in [3.8, 4) is 0 Å². The van der Waals surface area contributed by atoms with Crippen molar-refractivity contribution in [3.05, 3.63) is 70.5 Å². The van der Waals surface area contributed by atoms with Crippen molar-refractivity contribution in [2.24, 2.45) is 5.73 Å². The summed E-state index contributed by atoms with van der Waals surface area (Å²) in [6, 6.07) is 13.9. The zero-order chi connectivity index (χ0) is 13.2. The van der Waals surface area contributed by atoms with Crippen molar-refractivity contribution in [2.45, 2.75) is 18.9 Å². The minimum Gasteiger partial charge on any atom is -0.318 e. The topological polar surface area (TPSA) is 26.0 Å². The van der Waals surface area contributed by atoms with Gasteiger partial charge in [0.05, 0.1) is 5.54 Å². The number of nitrogens with two attached hydrogens (primary N) is 1. The molecule has 2 aromatic rings. The second kappa shape index (κ2) is 5.09. The van der Waals surface area contributed by atoms with E-state index in [2.05, 4.69) is 0 Å². The summed E-state index contributed by atoms with van der Waals surface area (Å²) in [6.07, 6.45) is 0.567. The van der Waals surface area contributed by atoms with Gasteiger partial charge in [0.1, 0.15) is 5.82 Å². The maximum atomic E-state index is 14.0. The molecule has 0 heterocycles. The smallest absolute Gasteiger partial charge is 0.128 e. The second-order valence-corrected chi connectivity index (χ2v) is 4.69. The highest BCUT2D eigenvalue weighted by Gasteiger charge is 2.31. The largest absolute Gasteiger partial charge is 0.318 e. The number of benzene rings is 2. The molecule has 1 nitrogen and oxygen atoms in total. The zero-order valence-electron chi connectivity index (χ0n) is 10.2. The molecule has 0 aliphatic heterocycles. The quantitative estimate of drug-likeness (QED) is 0.887. The standard InChI is InChI=1S/C15H15ClFN/c1-2-15(18,11-7-3-5-9-13(11)16)12-8-4-6-10-14(12)17/h3-10H,2,18H2,1H3. The van der Waals surface area contributed by atoms with Gasteiger partial charge >= 0.3 is 0 Å². The van der Waals surface area contributed by atoms with Gasteiger partial charge in [-0.2, -0.15) is 0 Å². The Morgan fingerprint density at radius 2 is 1.61 bits per heavy atom. The lowest BCUT2D eigenvalue weighted by atomic mass is 9.81. The van der Waals surface area contributed by atoms with Gasteiger partial charge in [-0.3, -0.25) is 0 Å². The van der Waals surface area contributed by atoms with E-state index in [-0.39, 0.29) is 5.82 Å². The first-order valence-corrected chi connectivity index (χ1v) is 6.26. The lowest BCUT2D eigenvalue weighted by Crippen LogP contribution is -2.38. The first kappa shape index (κ1) is 13.1. The Labute approximate surface area is 111 Å². The van der Waals surface area contributed by atoms with Crippen LogP contribution in [-0.4, -0.2) is 0 Å². The molecule has 0 spiro atoms. The molecular formula is C15H15ClFN. The van der Waals surface area contributed by atoms with Crippen LogP contribution in [0, 0.1) is 5.82 Å². The lowest BCUT2D eigenvalue weighted by Gasteiger charge is -2.30. The van der Waals surface area contributed by atoms with Crippen LogP contribution in [0.15, 0.2) is 48.5 Å². The van der Waals surface area contributed by atoms with Crippen molar-refractivity contribution in [2.75, 3.05) is 0 Å². The maximum absolute atomic E-state index is 14.0. The predicted octanol–water partition coefficient (Wildman–Crippen LogP) is 4.09. The molecule has 0 saturated carbocycles. The van der Waals surface area contributed by atoms with E-state index in [1.165, 1.54) is 6.07 Å². The van der Waals surface area contributed by atoms with Crippen molar-refractivity contribution >= 4 is 11.6 Å². The Morgan fingerprint density at radius 3 is 2.17 bits per heavy atom. The Kier molecular flexibility index (Phi) is 3.69. The Morgan fingerprint density at radius 1 is 1.06 bits per heavy atom. The normalized spacial score (nSPS) is 14.2. The Hall–Kier alpha value is -1.38. The van der Waals surface area contributed by atoms with E-state index >= 15 is 0 Å².